The van der Waals surface area contributed by atoms with Crippen molar-refractivity contribution < 1.29 is 14.3 Å². The number of carbonyl (C=O) groups excluding carboxylic acids is 1. The Bertz CT molecular complexity index is 916. The van der Waals surface area contributed by atoms with Crippen LogP contribution in [0.1, 0.15) is 20.8 Å². The Kier molecular flexibility index (Phi) is 6.10. The number of carbonyl (C=O) groups is 1. The molecule has 0 amide bonds. The third-order valence-electron chi connectivity index (χ3n) is 3.67. The molecule has 0 atom stereocenters. The molecule has 0 spiro atoms. The summed E-state index contributed by atoms with van der Waals surface area (Å²) in [6.45, 7) is 0.462. The van der Waals surface area contributed by atoms with E-state index in [0.29, 0.717) is 27.3 Å². The predicted octanol–water partition coefficient (Wildman–Crippen LogP) is 5.89. The van der Waals surface area contributed by atoms with E-state index < -0.39 is 0 Å². The minimum absolute atomic E-state index is 0.0785. The molecule has 1 heterocycles. The highest BCUT2D eigenvalue weighted by atomic mass is 35.5. The van der Waals surface area contributed by atoms with E-state index in [1.165, 1.54) is 17.4 Å². The molecule has 0 saturated carbocycles. The van der Waals surface area contributed by atoms with Crippen molar-refractivity contribution in [3.63, 3.8) is 0 Å². The van der Waals surface area contributed by atoms with Gasteiger partial charge in [-0.2, -0.15) is 0 Å². The van der Waals surface area contributed by atoms with Crippen molar-refractivity contribution in [3.05, 3.63) is 87.1 Å². The van der Waals surface area contributed by atoms with Crippen LogP contribution in [0.5, 0.6) is 11.5 Å². The molecule has 0 aliphatic carbocycles. The van der Waals surface area contributed by atoms with Crippen molar-refractivity contribution in [2.75, 3.05) is 7.11 Å². The fraction of sp³-hybridized carbons (Fsp3) is 0.0952. The molecular formula is C21H17ClO3S. The maximum absolute atomic E-state index is 12.1. The summed E-state index contributed by atoms with van der Waals surface area (Å²) < 4.78 is 11.8. The molecule has 0 saturated heterocycles. The first-order valence-electron chi connectivity index (χ1n) is 7.98. The molecule has 0 N–H and O–H groups in total. The van der Waals surface area contributed by atoms with Crippen molar-refractivity contribution in [2.45, 2.75) is 6.61 Å². The molecule has 26 heavy (non-hydrogen) atoms. The monoisotopic (exact) mass is 384 g/mol. The standard InChI is InChI=1S/C21H17ClO3S/c1-24-19-13-15(7-9-17(23)20-11-12-21(22)26-20)8-10-18(19)25-14-16-5-3-2-4-6-16/h2-13H,14H2,1H3/b9-7+. The van der Waals surface area contributed by atoms with Crippen LogP contribution in [0.25, 0.3) is 6.08 Å². The van der Waals surface area contributed by atoms with Crippen molar-refractivity contribution in [1.82, 2.24) is 0 Å². The molecule has 0 radical (unpaired) electrons. The van der Waals surface area contributed by atoms with Crippen LogP contribution < -0.4 is 9.47 Å². The summed E-state index contributed by atoms with van der Waals surface area (Å²) >= 11 is 7.13. The Labute approximate surface area is 161 Å². The first-order valence-corrected chi connectivity index (χ1v) is 9.17. The number of rotatable bonds is 7. The Morgan fingerprint density at radius 1 is 1.08 bits per heavy atom. The molecule has 3 rings (SSSR count). The molecule has 0 fully saturated rings. The summed E-state index contributed by atoms with van der Waals surface area (Å²) in [5.41, 5.74) is 1.93. The van der Waals surface area contributed by atoms with Gasteiger partial charge in [-0.15, -0.1) is 11.3 Å². The van der Waals surface area contributed by atoms with E-state index in [9.17, 15) is 4.79 Å². The first-order chi connectivity index (χ1) is 12.7. The molecule has 5 heteroatoms. The summed E-state index contributed by atoms with van der Waals surface area (Å²) in [6, 6.07) is 18.9. The smallest absolute Gasteiger partial charge is 0.195 e. The second-order valence-electron chi connectivity index (χ2n) is 5.49. The van der Waals surface area contributed by atoms with Gasteiger partial charge >= 0.3 is 0 Å². The number of thiophene rings is 1. The maximum atomic E-state index is 12.1. The average molecular weight is 385 g/mol. The van der Waals surface area contributed by atoms with Gasteiger partial charge in [0.2, 0.25) is 0 Å². The molecule has 3 aromatic rings. The minimum Gasteiger partial charge on any atom is -0.493 e. The summed E-state index contributed by atoms with van der Waals surface area (Å²) in [6.07, 6.45) is 3.28. The van der Waals surface area contributed by atoms with Crippen LogP contribution in [0.3, 0.4) is 0 Å². The average Bonchev–Trinajstić information content (AvgIpc) is 3.12. The van der Waals surface area contributed by atoms with E-state index in [2.05, 4.69) is 0 Å². The molecule has 2 aromatic carbocycles. The molecule has 0 aliphatic heterocycles. The summed E-state index contributed by atoms with van der Waals surface area (Å²) in [4.78, 5) is 12.7. The van der Waals surface area contributed by atoms with Crippen LogP contribution in [0.2, 0.25) is 4.34 Å². The molecule has 0 bridgehead atoms. The molecular weight excluding hydrogens is 368 g/mol. The molecule has 0 unspecified atom stereocenters. The highest BCUT2D eigenvalue weighted by Crippen LogP contribution is 2.29. The summed E-state index contributed by atoms with van der Waals surface area (Å²) in [5.74, 6) is 1.20. The van der Waals surface area contributed by atoms with Gasteiger partial charge in [0.15, 0.2) is 17.3 Å². The second-order valence-corrected chi connectivity index (χ2v) is 7.20. The molecule has 0 aliphatic rings. The molecule has 1 aromatic heterocycles. The third-order valence-corrected chi connectivity index (χ3v) is 4.91. The number of methoxy groups -OCH3 is 1. The second kappa shape index (κ2) is 8.70. The Morgan fingerprint density at radius 2 is 1.88 bits per heavy atom. The van der Waals surface area contributed by atoms with Crippen LogP contribution in [0, 0.1) is 0 Å². The van der Waals surface area contributed by atoms with Gasteiger partial charge in [-0.25, -0.2) is 0 Å². The fourth-order valence-corrected chi connectivity index (χ4v) is 3.31. The van der Waals surface area contributed by atoms with Gasteiger partial charge in [0.05, 0.1) is 16.3 Å². The van der Waals surface area contributed by atoms with Gasteiger partial charge in [-0.3, -0.25) is 4.79 Å². The lowest BCUT2D eigenvalue weighted by Gasteiger charge is -2.11. The molecule has 3 nitrogen and oxygen atoms in total. The Balaban J connectivity index is 1.69. The van der Waals surface area contributed by atoms with Gasteiger partial charge in [0, 0.05) is 0 Å². The van der Waals surface area contributed by atoms with Crippen LogP contribution in [0.4, 0.5) is 0 Å². The number of ether oxygens (including phenoxy) is 2. The lowest BCUT2D eigenvalue weighted by molar-refractivity contribution is 0.105. The first kappa shape index (κ1) is 18.2. The van der Waals surface area contributed by atoms with Crippen LogP contribution in [0.15, 0.2) is 66.7 Å². The van der Waals surface area contributed by atoms with E-state index in [1.54, 1.807) is 25.3 Å². The Hall–Kier alpha value is -2.56. The van der Waals surface area contributed by atoms with Crippen molar-refractivity contribution in [1.29, 1.82) is 0 Å². The van der Waals surface area contributed by atoms with E-state index in [0.717, 1.165) is 11.1 Å². The zero-order valence-electron chi connectivity index (χ0n) is 14.1. The van der Waals surface area contributed by atoms with Crippen LogP contribution in [-0.2, 0) is 6.61 Å². The topological polar surface area (TPSA) is 35.5 Å². The number of benzene rings is 2. The van der Waals surface area contributed by atoms with Crippen molar-refractivity contribution >= 4 is 34.8 Å². The molecule has 132 valence electrons. The fourth-order valence-electron chi connectivity index (χ4n) is 2.34. The number of hydrogen-bond donors (Lipinski definition) is 0. The number of halogens is 1. The summed E-state index contributed by atoms with van der Waals surface area (Å²) in [5, 5.41) is 0. The minimum atomic E-state index is -0.0785. The van der Waals surface area contributed by atoms with Crippen LogP contribution >= 0.6 is 22.9 Å². The van der Waals surface area contributed by atoms with Gasteiger partial charge in [-0.05, 0) is 41.5 Å². The van der Waals surface area contributed by atoms with E-state index >= 15 is 0 Å². The van der Waals surface area contributed by atoms with E-state index in [-0.39, 0.29) is 5.78 Å². The maximum Gasteiger partial charge on any atom is 0.195 e. The lowest BCUT2D eigenvalue weighted by Crippen LogP contribution is -1.97. The van der Waals surface area contributed by atoms with Gasteiger partial charge in [-0.1, -0.05) is 54.1 Å². The zero-order valence-corrected chi connectivity index (χ0v) is 15.7. The van der Waals surface area contributed by atoms with E-state index in [1.807, 2.05) is 48.5 Å². The van der Waals surface area contributed by atoms with Crippen molar-refractivity contribution in [2.24, 2.45) is 0 Å². The van der Waals surface area contributed by atoms with Gasteiger partial charge < -0.3 is 9.47 Å². The highest BCUT2D eigenvalue weighted by Gasteiger charge is 2.07. The van der Waals surface area contributed by atoms with Gasteiger partial charge in [0.25, 0.3) is 0 Å². The van der Waals surface area contributed by atoms with Gasteiger partial charge in [0.1, 0.15) is 6.61 Å². The third kappa shape index (κ3) is 4.75. The quantitative estimate of drug-likeness (QED) is 0.376. The number of hydrogen-bond acceptors (Lipinski definition) is 4. The largest absolute Gasteiger partial charge is 0.493 e. The lowest BCUT2D eigenvalue weighted by atomic mass is 10.1. The van der Waals surface area contributed by atoms with Crippen LogP contribution in [-0.4, -0.2) is 12.9 Å². The van der Waals surface area contributed by atoms with E-state index in [4.69, 9.17) is 21.1 Å². The zero-order chi connectivity index (χ0) is 18.4. The van der Waals surface area contributed by atoms with Crippen molar-refractivity contribution in [3.8, 4) is 11.5 Å². The summed E-state index contributed by atoms with van der Waals surface area (Å²) in [7, 11) is 1.59. The highest BCUT2D eigenvalue weighted by molar-refractivity contribution is 7.18. The predicted molar refractivity (Wildman–Crippen MR) is 106 cm³/mol. The number of allylic oxidation sites excluding steroid dienone is 1. The SMILES string of the molecule is COc1cc(/C=C/C(=O)c2ccc(Cl)s2)ccc1OCc1ccccc1. The normalized spacial score (nSPS) is 10.8. The number of ketones is 1. The Morgan fingerprint density at radius 3 is 2.58 bits per heavy atom.